The maximum atomic E-state index is 13.4. The Kier molecular flexibility index (Phi) is 9.07. The Bertz CT molecular complexity index is 1050. The molecule has 0 atom stereocenters. The number of benzene rings is 1. The van der Waals surface area contributed by atoms with E-state index in [-0.39, 0.29) is 50.2 Å². The molecule has 0 aliphatic carbocycles. The molecule has 1 fully saturated rings. The second kappa shape index (κ2) is 12.0. The van der Waals surface area contributed by atoms with Gasteiger partial charge in [0.1, 0.15) is 5.82 Å². The van der Waals surface area contributed by atoms with Crippen LogP contribution in [0.4, 0.5) is 10.5 Å². The molecule has 1 N–H and O–H groups in total. The van der Waals surface area contributed by atoms with Crippen molar-refractivity contribution >= 4 is 36.1 Å². The number of nitrogens with zero attached hydrogens (tertiary/aromatic N) is 5. The lowest BCUT2D eigenvalue weighted by molar-refractivity contribution is -0.130. The number of piperazine rings is 1. The number of anilines is 1. The fourth-order valence-electron chi connectivity index (χ4n) is 4.14. The lowest BCUT2D eigenvalue weighted by atomic mass is 10.2. The number of hydrogen-bond acceptors (Lipinski definition) is 9. The van der Waals surface area contributed by atoms with Crippen LogP contribution in [0.2, 0.25) is 0 Å². The van der Waals surface area contributed by atoms with Crippen molar-refractivity contribution in [3.63, 3.8) is 0 Å². The highest BCUT2D eigenvalue weighted by Crippen LogP contribution is 2.33. The maximum absolute atomic E-state index is 13.4. The molecule has 2 amide bonds. The number of amides is 2. The zero-order chi connectivity index (χ0) is 24.1. The summed E-state index contributed by atoms with van der Waals surface area (Å²) in [7, 11) is 0. The van der Waals surface area contributed by atoms with Gasteiger partial charge in [-0.05, 0) is 26.0 Å². The highest BCUT2D eigenvalue weighted by atomic mass is 35.5. The Morgan fingerprint density at radius 2 is 1.74 bits per heavy atom. The first-order valence-electron chi connectivity index (χ1n) is 11.6. The fraction of sp³-hybridized carbons (Fsp3) is 0.478. The molecule has 0 spiro atoms. The number of ether oxygens (including phenoxy) is 2. The molecule has 2 aromatic rings. The van der Waals surface area contributed by atoms with Crippen molar-refractivity contribution in [2.45, 2.75) is 26.8 Å². The van der Waals surface area contributed by atoms with Gasteiger partial charge in [0.2, 0.25) is 0 Å². The number of imidazole rings is 1. The normalized spacial score (nSPS) is 14.9. The minimum Gasteiger partial charge on any atom is -0.461 e. The second-order valence-corrected chi connectivity index (χ2v) is 7.93. The van der Waals surface area contributed by atoms with Gasteiger partial charge < -0.3 is 19.7 Å². The molecule has 11 nitrogen and oxygen atoms in total. The van der Waals surface area contributed by atoms with Crippen LogP contribution in [-0.2, 0) is 20.8 Å². The van der Waals surface area contributed by atoms with E-state index >= 15 is 0 Å². The average Bonchev–Trinajstić information content (AvgIpc) is 3.29. The van der Waals surface area contributed by atoms with E-state index in [1.165, 1.54) is 0 Å². The predicted octanol–water partition coefficient (Wildman–Crippen LogP) is 1.99. The molecule has 4 rings (SSSR count). The summed E-state index contributed by atoms with van der Waals surface area (Å²) in [6.07, 6.45) is 1.04. The molecular formula is C23H31ClN6O5. The zero-order valence-electron chi connectivity index (χ0n) is 19.9. The third-order valence-corrected chi connectivity index (χ3v) is 5.74. The van der Waals surface area contributed by atoms with Gasteiger partial charge in [-0.1, -0.05) is 12.1 Å². The van der Waals surface area contributed by atoms with E-state index in [9.17, 15) is 14.4 Å². The number of rotatable bonds is 7. The number of esters is 1. The summed E-state index contributed by atoms with van der Waals surface area (Å²) in [5, 5.41) is 5.92. The molecule has 12 heteroatoms. The van der Waals surface area contributed by atoms with Gasteiger partial charge in [0.25, 0.3) is 5.91 Å². The SMILES string of the molecule is CCOC(=O)c1cn2c(n1)CN(N(C(=O)CCN1CCNCC1)C(=O)OCC)c1ccccc1-2.Cl. The molecule has 190 valence electrons. The quantitative estimate of drug-likeness (QED) is 0.564. The first-order chi connectivity index (χ1) is 16.5. The predicted molar refractivity (Wildman–Crippen MR) is 131 cm³/mol. The number of imide groups is 1. The van der Waals surface area contributed by atoms with Crippen LogP contribution in [0.5, 0.6) is 0 Å². The van der Waals surface area contributed by atoms with E-state index in [0.717, 1.165) is 31.2 Å². The smallest absolute Gasteiger partial charge is 0.436 e. The number of aromatic nitrogens is 2. The van der Waals surface area contributed by atoms with Gasteiger partial charge in [0.15, 0.2) is 5.69 Å². The number of hydrazine groups is 1. The standard InChI is InChI=1S/C23H30N6O5.ClH/c1-3-33-22(31)17-15-27-18-7-5-6-8-19(18)28(16-20(27)25-17)29(23(32)34-4-2)21(30)9-12-26-13-10-24-11-14-26;/h5-8,15,24H,3-4,9-14,16H2,1-2H3;1H. The number of hydrogen-bond donors (Lipinski definition) is 1. The third kappa shape index (κ3) is 5.75. The van der Waals surface area contributed by atoms with Crippen molar-refractivity contribution in [1.29, 1.82) is 0 Å². The van der Waals surface area contributed by atoms with Crippen LogP contribution in [0.15, 0.2) is 30.5 Å². The van der Waals surface area contributed by atoms with Crippen molar-refractivity contribution in [2.75, 3.05) is 50.9 Å². The maximum Gasteiger partial charge on any atom is 0.436 e. The first-order valence-corrected chi connectivity index (χ1v) is 11.6. The molecule has 1 saturated heterocycles. The Morgan fingerprint density at radius 3 is 2.43 bits per heavy atom. The number of carbonyl (C=O) groups excluding carboxylic acids is 3. The van der Waals surface area contributed by atoms with Gasteiger partial charge in [-0.3, -0.25) is 14.4 Å². The van der Waals surface area contributed by atoms with E-state index in [2.05, 4.69) is 15.2 Å². The largest absolute Gasteiger partial charge is 0.461 e. The van der Waals surface area contributed by atoms with Crippen molar-refractivity contribution in [3.8, 4) is 5.69 Å². The highest BCUT2D eigenvalue weighted by molar-refractivity contribution is 5.94. The minimum absolute atomic E-state index is 0. The Hall–Kier alpha value is -3.15. The van der Waals surface area contributed by atoms with Crippen LogP contribution in [0.1, 0.15) is 36.6 Å². The second-order valence-electron chi connectivity index (χ2n) is 7.93. The van der Waals surface area contributed by atoms with Crippen molar-refractivity contribution in [1.82, 2.24) is 24.8 Å². The molecule has 0 saturated carbocycles. The molecule has 2 aliphatic heterocycles. The number of para-hydroxylation sites is 2. The van der Waals surface area contributed by atoms with E-state index in [0.29, 0.717) is 23.7 Å². The summed E-state index contributed by atoms with van der Waals surface area (Å²) in [6.45, 7) is 7.92. The zero-order valence-corrected chi connectivity index (χ0v) is 20.8. The molecule has 1 aromatic carbocycles. The Labute approximate surface area is 210 Å². The molecule has 35 heavy (non-hydrogen) atoms. The van der Waals surface area contributed by atoms with Crippen LogP contribution in [0.3, 0.4) is 0 Å². The van der Waals surface area contributed by atoms with E-state index in [1.807, 2.05) is 24.3 Å². The van der Waals surface area contributed by atoms with E-state index in [1.54, 1.807) is 29.6 Å². The summed E-state index contributed by atoms with van der Waals surface area (Å²) in [4.78, 5) is 45.2. The summed E-state index contributed by atoms with van der Waals surface area (Å²) >= 11 is 0. The van der Waals surface area contributed by atoms with Crippen LogP contribution < -0.4 is 10.3 Å². The molecule has 1 aromatic heterocycles. The van der Waals surface area contributed by atoms with Crippen molar-refractivity contribution in [2.24, 2.45) is 0 Å². The first kappa shape index (κ1) is 26.5. The van der Waals surface area contributed by atoms with Crippen LogP contribution in [0.25, 0.3) is 5.69 Å². The number of halogens is 1. The lowest BCUT2D eigenvalue weighted by Crippen LogP contribution is -2.53. The van der Waals surface area contributed by atoms with Crippen molar-refractivity contribution < 1.29 is 23.9 Å². The summed E-state index contributed by atoms with van der Waals surface area (Å²) < 4.78 is 12.1. The van der Waals surface area contributed by atoms with Gasteiger partial charge in [-0.2, -0.15) is 5.01 Å². The van der Waals surface area contributed by atoms with Gasteiger partial charge >= 0.3 is 12.1 Å². The fourth-order valence-corrected chi connectivity index (χ4v) is 4.14. The summed E-state index contributed by atoms with van der Waals surface area (Å²) in [6, 6.07) is 7.33. The molecular weight excluding hydrogens is 476 g/mol. The number of fused-ring (bicyclic) bond motifs is 3. The lowest BCUT2D eigenvalue weighted by Gasteiger charge is -2.38. The summed E-state index contributed by atoms with van der Waals surface area (Å²) in [5.41, 5.74) is 1.49. The molecule has 0 radical (unpaired) electrons. The Morgan fingerprint density at radius 1 is 1.06 bits per heavy atom. The number of carbonyl (C=O) groups is 3. The van der Waals surface area contributed by atoms with Crippen molar-refractivity contribution in [3.05, 3.63) is 42.0 Å². The topological polar surface area (TPSA) is 109 Å². The third-order valence-electron chi connectivity index (χ3n) is 5.74. The molecule has 2 aliphatic rings. The van der Waals surface area contributed by atoms with Crippen LogP contribution in [-0.4, -0.2) is 83.4 Å². The molecule has 0 bridgehead atoms. The monoisotopic (exact) mass is 506 g/mol. The van der Waals surface area contributed by atoms with Gasteiger partial charge in [0.05, 0.1) is 31.1 Å². The number of nitrogens with one attached hydrogen (secondary N) is 1. The van der Waals surface area contributed by atoms with Gasteiger partial charge in [0, 0.05) is 45.3 Å². The van der Waals surface area contributed by atoms with Crippen LogP contribution in [0, 0.1) is 0 Å². The molecule has 3 heterocycles. The minimum atomic E-state index is -0.742. The van der Waals surface area contributed by atoms with E-state index < -0.39 is 12.1 Å². The van der Waals surface area contributed by atoms with Crippen LogP contribution >= 0.6 is 12.4 Å². The Balaban J connectivity index is 0.00000342. The average molecular weight is 507 g/mol. The van der Waals surface area contributed by atoms with Gasteiger partial charge in [-0.15, -0.1) is 12.4 Å². The summed E-state index contributed by atoms with van der Waals surface area (Å²) in [5.74, 6) is -0.383. The molecule has 0 unspecified atom stereocenters. The van der Waals surface area contributed by atoms with Gasteiger partial charge in [-0.25, -0.2) is 14.6 Å². The highest BCUT2D eigenvalue weighted by Gasteiger charge is 2.36. The van der Waals surface area contributed by atoms with E-state index in [4.69, 9.17) is 9.47 Å².